The summed E-state index contributed by atoms with van der Waals surface area (Å²) in [6.45, 7) is 0.826. The molecule has 0 aliphatic heterocycles. The molecule has 0 aromatic carbocycles. The first-order chi connectivity index (χ1) is 10.4. The Morgan fingerprint density at radius 1 is 1.10 bits per heavy atom. The maximum absolute atomic E-state index is 4.48. The summed E-state index contributed by atoms with van der Waals surface area (Å²) in [5.74, 6) is 0. The van der Waals surface area contributed by atoms with Crippen LogP contribution in [0.25, 0.3) is 21.9 Å². The van der Waals surface area contributed by atoms with Gasteiger partial charge in [0.2, 0.25) is 0 Å². The highest BCUT2D eigenvalue weighted by molar-refractivity contribution is 7.97. The molecule has 4 heterocycles. The Hall–Kier alpha value is -2.27. The summed E-state index contributed by atoms with van der Waals surface area (Å²) in [5, 5.41) is 2.43. The zero-order valence-electron chi connectivity index (χ0n) is 11.6. The van der Waals surface area contributed by atoms with Gasteiger partial charge in [-0.05, 0) is 41.8 Å². The topological polar surface area (TPSA) is 35.6 Å². The van der Waals surface area contributed by atoms with Crippen LogP contribution in [0.4, 0.5) is 0 Å². The molecule has 5 heteroatoms. The molecule has 21 heavy (non-hydrogen) atoms. The van der Waals surface area contributed by atoms with Crippen molar-refractivity contribution in [2.24, 2.45) is 0 Å². The van der Waals surface area contributed by atoms with Gasteiger partial charge in [-0.1, -0.05) is 0 Å². The zero-order valence-corrected chi connectivity index (χ0v) is 12.4. The molecule has 0 fully saturated rings. The van der Waals surface area contributed by atoms with Crippen molar-refractivity contribution >= 4 is 33.9 Å². The van der Waals surface area contributed by atoms with Crippen LogP contribution in [0, 0.1) is 0 Å². The average Bonchev–Trinajstić information content (AvgIpc) is 3.12. The van der Waals surface area contributed by atoms with Gasteiger partial charge >= 0.3 is 0 Å². The van der Waals surface area contributed by atoms with Crippen LogP contribution in [0.15, 0.2) is 55.2 Å². The summed E-state index contributed by atoms with van der Waals surface area (Å²) in [7, 11) is 0. The first-order valence-corrected chi connectivity index (χ1v) is 7.93. The molecule has 0 N–H and O–H groups in total. The Morgan fingerprint density at radius 2 is 2.05 bits per heavy atom. The fourth-order valence-corrected chi connectivity index (χ4v) is 3.21. The molecule has 0 spiro atoms. The number of nitrogens with zero attached hydrogens (tertiary/aromatic N) is 4. The molecule has 4 aromatic heterocycles. The van der Waals surface area contributed by atoms with Crippen molar-refractivity contribution in [1.29, 1.82) is 0 Å². The number of rotatable bonds is 3. The second-order valence-corrected chi connectivity index (χ2v) is 5.67. The molecule has 0 aliphatic carbocycles. The molecule has 0 unspecified atom stereocenters. The molecule has 4 nitrogen and oxygen atoms in total. The van der Waals surface area contributed by atoms with Gasteiger partial charge < -0.3 is 4.57 Å². The van der Waals surface area contributed by atoms with E-state index in [-0.39, 0.29) is 0 Å². The van der Waals surface area contributed by atoms with Crippen molar-refractivity contribution < 1.29 is 0 Å². The summed E-state index contributed by atoms with van der Waals surface area (Å²) in [6, 6.07) is 8.40. The number of hydrogen-bond acceptors (Lipinski definition) is 3. The van der Waals surface area contributed by atoms with E-state index in [1.807, 2.05) is 24.7 Å². The monoisotopic (exact) mass is 294 g/mol. The number of hydrogen-bond donors (Lipinski definition) is 0. The summed E-state index contributed by atoms with van der Waals surface area (Å²) in [5.41, 5.74) is 3.45. The fourth-order valence-electron chi connectivity index (χ4n) is 2.71. The second-order valence-electron chi connectivity index (χ2n) is 4.91. The molecule has 0 aliphatic rings. The van der Waals surface area contributed by atoms with E-state index in [0.717, 1.165) is 17.7 Å². The maximum atomic E-state index is 4.48. The predicted octanol–water partition coefficient (Wildman–Crippen LogP) is 3.56. The SMILES string of the molecule is CSn1ccc2c(Cn3ccc4ccncc43)ccnc21. The molecule has 4 aromatic rings. The van der Waals surface area contributed by atoms with Crippen LogP contribution >= 0.6 is 11.9 Å². The van der Waals surface area contributed by atoms with E-state index in [1.54, 1.807) is 11.9 Å². The molecule has 0 amide bonds. The number of fused-ring (bicyclic) bond motifs is 2. The zero-order chi connectivity index (χ0) is 14.2. The summed E-state index contributed by atoms with van der Waals surface area (Å²) in [6.07, 6.45) is 11.9. The van der Waals surface area contributed by atoms with E-state index in [9.17, 15) is 0 Å². The van der Waals surface area contributed by atoms with Gasteiger partial charge in [0.1, 0.15) is 5.65 Å². The predicted molar refractivity (Wildman–Crippen MR) is 87.5 cm³/mol. The van der Waals surface area contributed by atoms with Crippen LogP contribution in [0.2, 0.25) is 0 Å². The van der Waals surface area contributed by atoms with Crippen molar-refractivity contribution in [2.45, 2.75) is 6.54 Å². The lowest BCUT2D eigenvalue weighted by molar-refractivity contribution is 0.840. The van der Waals surface area contributed by atoms with E-state index in [4.69, 9.17) is 0 Å². The van der Waals surface area contributed by atoms with Crippen molar-refractivity contribution in [1.82, 2.24) is 18.5 Å². The average molecular weight is 294 g/mol. The molecule has 4 rings (SSSR count). The number of aromatic nitrogens is 4. The van der Waals surface area contributed by atoms with Gasteiger partial charge in [0.15, 0.2) is 0 Å². The lowest BCUT2D eigenvalue weighted by atomic mass is 10.2. The van der Waals surface area contributed by atoms with Crippen LogP contribution in [0.3, 0.4) is 0 Å². The highest BCUT2D eigenvalue weighted by Gasteiger charge is 2.08. The Balaban J connectivity index is 1.82. The van der Waals surface area contributed by atoms with Crippen molar-refractivity contribution in [3.05, 3.63) is 60.8 Å². The van der Waals surface area contributed by atoms with E-state index in [2.05, 4.69) is 55.4 Å². The van der Waals surface area contributed by atoms with E-state index >= 15 is 0 Å². The highest BCUT2D eigenvalue weighted by atomic mass is 32.2. The maximum Gasteiger partial charge on any atom is 0.150 e. The lowest BCUT2D eigenvalue weighted by Gasteiger charge is -2.07. The smallest absolute Gasteiger partial charge is 0.150 e. The van der Waals surface area contributed by atoms with Crippen molar-refractivity contribution in [3.8, 4) is 0 Å². The van der Waals surface area contributed by atoms with Crippen molar-refractivity contribution in [3.63, 3.8) is 0 Å². The first-order valence-electron chi connectivity index (χ1n) is 6.75. The quantitative estimate of drug-likeness (QED) is 0.579. The number of pyridine rings is 2. The Morgan fingerprint density at radius 3 is 2.95 bits per heavy atom. The molecular formula is C16H14N4S. The molecule has 104 valence electrons. The van der Waals surface area contributed by atoms with E-state index in [1.165, 1.54) is 16.3 Å². The van der Waals surface area contributed by atoms with Gasteiger partial charge in [-0.25, -0.2) is 4.98 Å². The van der Waals surface area contributed by atoms with Gasteiger partial charge in [-0.3, -0.25) is 8.96 Å². The Labute approximate surface area is 126 Å². The molecule has 0 saturated carbocycles. The van der Waals surface area contributed by atoms with E-state index < -0.39 is 0 Å². The highest BCUT2D eigenvalue weighted by Crippen LogP contribution is 2.23. The van der Waals surface area contributed by atoms with Crippen LogP contribution in [0.1, 0.15) is 5.56 Å². The minimum absolute atomic E-state index is 0.826. The molecule has 0 bridgehead atoms. The molecule has 0 atom stereocenters. The Bertz CT molecular complexity index is 922. The van der Waals surface area contributed by atoms with Gasteiger partial charge in [-0.15, -0.1) is 0 Å². The summed E-state index contributed by atoms with van der Waals surface area (Å²) in [4.78, 5) is 8.71. The normalized spacial score (nSPS) is 11.5. The van der Waals surface area contributed by atoms with Crippen LogP contribution < -0.4 is 0 Å². The third kappa shape index (κ3) is 2.01. The molecule has 0 saturated heterocycles. The third-order valence-corrected chi connectivity index (χ3v) is 4.45. The van der Waals surface area contributed by atoms with Gasteiger partial charge in [-0.2, -0.15) is 0 Å². The molecular weight excluding hydrogens is 280 g/mol. The summed E-state index contributed by atoms with van der Waals surface area (Å²) >= 11 is 1.66. The first kappa shape index (κ1) is 12.5. The van der Waals surface area contributed by atoms with Crippen molar-refractivity contribution in [2.75, 3.05) is 6.26 Å². The second kappa shape index (κ2) is 4.93. The summed E-state index contributed by atoms with van der Waals surface area (Å²) < 4.78 is 4.32. The largest absolute Gasteiger partial charge is 0.342 e. The van der Waals surface area contributed by atoms with Crippen LogP contribution in [-0.2, 0) is 6.54 Å². The van der Waals surface area contributed by atoms with Gasteiger partial charge in [0, 0.05) is 48.4 Å². The van der Waals surface area contributed by atoms with Crippen LogP contribution in [0.5, 0.6) is 0 Å². The third-order valence-electron chi connectivity index (χ3n) is 3.76. The van der Waals surface area contributed by atoms with Crippen LogP contribution in [-0.4, -0.2) is 24.8 Å². The van der Waals surface area contributed by atoms with E-state index in [0.29, 0.717) is 0 Å². The minimum Gasteiger partial charge on any atom is -0.342 e. The van der Waals surface area contributed by atoms with Gasteiger partial charge in [0.05, 0.1) is 11.7 Å². The fraction of sp³-hybridized carbons (Fsp3) is 0.125. The minimum atomic E-state index is 0.826. The standard InChI is InChI=1S/C16H14N4S/c1-21-20-9-5-14-13(3-7-18-16(14)20)11-19-8-4-12-2-6-17-10-15(12)19/h2-10H,11H2,1H3. The Kier molecular flexibility index (Phi) is 2.93. The lowest BCUT2D eigenvalue weighted by Crippen LogP contribution is -1.99. The van der Waals surface area contributed by atoms with Gasteiger partial charge in [0.25, 0.3) is 0 Å². The molecule has 0 radical (unpaired) electrons.